The van der Waals surface area contributed by atoms with Gasteiger partial charge in [-0.3, -0.25) is 4.68 Å². The maximum atomic E-state index is 13.4. The van der Waals surface area contributed by atoms with Crippen molar-refractivity contribution >= 4 is 16.9 Å². The molecule has 4 nitrogen and oxygen atoms in total. The predicted octanol–water partition coefficient (Wildman–Crippen LogP) is 1.89. The van der Waals surface area contributed by atoms with Crippen LogP contribution >= 0.6 is 0 Å². The van der Waals surface area contributed by atoms with Crippen LogP contribution in [0.2, 0.25) is 0 Å². The van der Waals surface area contributed by atoms with Gasteiger partial charge in [-0.2, -0.15) is 5.10 Å². The van der Waals surface area contributed by atoms with Gasteiger partial charge in [-0.15, -0.1) is 0 Å². The molecule has 0 fully saturated rings. The first-order chi connectivity index (χ1) is 7.15. The van der Waals surface area contributed by atoms with Crippen molar-refractivity contribution in [1.82, 2.24) is 9.78 Å². The fourth-order valence-electron chi connectivity index (χ4n) is 1.59. The van der Waals surface area contributed by atoms with Crippen molar-refractivity contribution in [3.63, 3.8) is 0 Å². The molecule has 2 aromatic rings. The molecule has 0 amide bonds. The second-order valence-electron chi connectivity index (χ2n) is 3.10. The Kier molecular flexibility index (Phi) is 2.15. The van der Waals surface area contributed by atoms with Gasteiger partial charge in [-0.05, 0) is 19.1 Å². The minimum Gasteiger partial charge on any atom is -0.477 e. The van der Waals surface area contributed by atoms with E-state index < -0.39 is 11.8 Å². The number of carboxylic acids is 1. The van der Waals surface area contributed by atoms with Crippen LogP contribution in [0.4, 0.5) is 4.39 Å². The number of aromatic nitrogens is 2. The van der Waals surface area contributed by atoms with Gasteiger partial charge in [0.15, 0.2) is 5.69 Å². The Bertz CT molecular complexity index is 533. The van der Waals surface area contributed by atoms with E-state index in [2.05, 4.69) is 5.10 Å². The monoisotopic (exact) mass is 208 g/mol. The molecule has 0 atom stereocenters. The van der Waals surface area contributed by atoms with E-state index in [-0.39, 0.29) is 11.1 Å². The summed E-state index contributed by atoms with van der Waals surface area (Å²) in [6.07, 6.45) is 0. The summed E-state index contributed by atoms with van der Waals surface area (Å²) in [4.78, 5) is 11.0. The largest absolute Gasteiger partial charge is 0.477 e. The number of carboxylic acid groups (broad SMARTS) is 1. The number of carbonyl (C=O) groups is 1. The van der Waals surface area contributed by atoms with Gasteiger partial charge >= 0.3 is 5.97 Å². The van der Waals surface area contributed by atoms with E-state index >= 15 is 0 Å². The third-order valence-electron chi connectivity index (χ3n) is 2.22. The van der Waals surface area contributed by atoms with Gasteiger partial charge in [0.05, 0.1) is 10.9 Å². The normalized spacial score (nSPS) is 10.8. The minimum atomic E-state index is -1.16. The van der Waals surface area contributed by atoms with Crippen LogP contribution in [0.1, 0.15) is 17.4 Å². The van der Waals surface area contributed by atoms with Gasteiger partial charge in [0.1, 0.15) is 5.82 Å². The van der Waals surface area contributed by atoms with Crippen LogP contribution < -0.4 is 0 Å². The van der Waals surface area contributed by atoms with E-state index in [9.17, 15) is 9.18 Å². The molecule has 15 heavy (non-hydrogen) atoms. The number of nitrogens with zero attached hydrogens (tertiary/aromatic N) is 2. The average molecular weight is 208 g/mol. The van der Waals surface area contributed by atoms with E-state index in [4.69, 9.17) is 5.11 Å². The fraction of sp³-hybridized carbons (Fsp3) is 0.200. The summed E-state index contributed by atoms with van der Waals surface area (Å²) in [6, 6.07) is 4.34. The molecule has 0 unspecified atom stereocenters. The minimum absolute atomic E-state index is 0.0758. The fourth-order valence-corrected chi connectivity index (χ4v) is 1.59. The van der Waals surface area contributed by atoms with Crippen LogP contribution in [0.5, 0.6) is 0 Å². The Hall–Kier alpha value is -1.91. The highest BCUT2D eigenvalue weighted by Gasteiger charge is 2.19. The number of rotatable bonds is 2. The Labute approximate surface area is 84.9 Å². The zero-order valence-electron chi connectivity index (χ0n) is 8.07. The lowest BCUT2D eigenvalue weighted by molar-refractivity contribution is 0.0685. The molecule has 0 bridgehead atoms. The van der Waals surface area contributed by atoms with Gasteiger partial charge in [0.2, 0.25) is 0 Å². The molecule has 0 aliphatic heterocycles. The molecule has 0 spiro atoms. The van der Waals surface area contributed by atoms with Crippen LogP contribution in [-0.2, 0) is 6.54 Å². The Morgan fingerprint density at radius 1 is 1.60 bits per heavy atom. The molecule has 2 rings (SSSR count). The topological polar surface area (TPSA) is 55.1 Å². The first-order valence-corrected chi connectivity index (χ1v) is 4.53. The van der Waals surface area contributed by atoms with E-state index in [1.807, 2.05) is 0 Å². The van der Waals surface area contributed by atoms with Gasteiger partial charge in [0.25, 0.3) is 0 Å². The Morgan fingerprint density at radius 2 is 2.33 bits per heavy atom. The summed E-state index contributed by atoms with van der Waals surface area (Å²) in [5.74, 6) is -1.71. The van der Waals surface area contributed by atoms with Crippen molar-refractivity contribution in [1.29, 1.82) is 0 Å². The van der Waals surface area contributed by atoms with Crippen LogP contribution in [0, 0.1) is 5.82 Å². The van der Waals surface area contributed by atoms with E-state index in [1.165, 1.54) is 16.8 Å². The van der Waals surface area contributed by atoms with Crippen LogP contribution in [0.15, 0.2) is 18.2 Å². The number of hydrogen-bond acceptors (Lipinski definition) is 2. The second kappa shape index (κ2) is 3.34. The standard InChI is InChI=1S/C10H9FN2O2/c1-2-13-9(10(14)15)8-6(11)4-3-5-7(8)12-13/h3-5H,2H2,1H3,(H,14,15). The van der Waals surface area contributed by atoms with Gasteiger partial charge < -0.3 is 5.11 Å². The molecule has 0 saturated heterocycles. The van der Waals surface area contributed by atoms with Crippen molar-refractivity contribution < 1.29 is 14.3 Å². The van der Waals surface area contributed by atoms with Crippen LogP contribution in [0.25, 0.3) is 10.9 Å². The molecular formula is C10H9FN2O2. The zero-order chi connectivity index (χ0) is 11.0. The van der Waals surface area contributed by atoms with Gasteiger partial charge in [-0.1, -0.05) is 6.07 Å². The molecule has 0 saturated carbocycles. The maximum absolute atomic E-state index is 13.4. The summed E-state index contributed by atoms with van der Waals surface area (Å²) in [6.45, 7) is 2.16. The molecule has 1 N–H and O–H groups in total. The number of hydrogen-bond donors (Lipinski definition) is 1. The van der Waals surface area contributed by atoms with Crippen molar-refractivity contribution in [2.24, 2.45) is 0 Å². The van der Waals surface area contributed by atoms with Gasteiger partial charge in [-0.25, -0.2) is 9.18 Å². The van der Waals surface area contributed by atoms with Crippen molar-refractivity contribution in [2.45, 2.75) is 13.5 Å². The number of aryl methyl sites for hydroxylation is 1. The quantitative estimate of drug-likeness (QED) is 0.819. The summed E-state index contributed by atoms with van der Waals surface area (Å²) < 4.78 is 14.7. The average Bonchev–Trinajstić information content (AvgIpc) is 2.57. The molecule has 0 aliphatic rings. The highest BCUT2D eigenvalue weighted by atomic mass is 19.1. The van der Waals surface area contributed by atoms with E-state index in [0.29, 0.717) is 12.1 Å². The van der Waals surface area contributed by atoms with Gasteiger partial charge in [0, 0.05) is 6.54 Å². The molecule has 0 radical (unpaired) electrons. The second-order valence-corrected chi connectivity index (χ2v) is 3.10. The van der Waals surface area contributed by atoms with E-state index in [1.54, 1.807) is 13.0 Å². The summed E-state index contributed by atoms with van der Waals surface area (Å²) in [7, 11) is 0. The third kappa shape index (κ3) is 1.36. The number of benzene rings is 1. The predicted molar refractivity (Wildman–Crippen MR) is 52.3 cm³/mol. The smallest absolute Gasteiger partial charge is 0.354 e. The molecule has 1 aromatic heterocycles. The van der Waals surface area contributed by atoms with Crippen LogP contribution in [0.3, 0.4) is 0 Å². The summed E-state index contributed by atoms with van der Waals surface area (Å²) in [5, 5.41) is 13.1. The number of aromatic carboxylic acids is 1. The lowest BCUT2D eigenvalue weighted by Gasteiger charge is -1.98. The number of halogens is 1. The van der Waals surface area contributed by atoms with Crippen molar-refractivity contribution in [3.8, 4) is 0 Å². The molecule has 1 heterocycles. The molecule has 1 aromatic carbocycles. The van der Waals surface area contributed by atoms with E-state index in [0.717, 1.165) is 0 Å². The molecule has 5 heteroatoms. The lowest BCUT2D eigenvalue weighted by Crippen LogP contribution is -2.08. The third-order valence-corrected chi connectivity index (χ3v) is 2.22. The molecule has 0 aliphatic carbocycles. The maximum Gasteiger partial charge on any atom is 0.354 e. The SMILES string of the molecule is CCn1nc2cccc(F)c2c1C(=O)O. The highest BCUT2D eigenvalue weighted by molar-refractivity contribution is 6.01. The van der Waals surface area contributed by atoms with Crippen LogP contribution in [-0.4, -0.2) is 20.9 Å². The highest BCUT2D eigenvalue weighted by Crippen LogP contribution is 2.21. The zero-order valence-corrected chi connectivity index (χ0v) is 8.07. The summed E-state index contributed by atoms with van der Waals surface area (Å²) in [5.41, 5.74) is 0.278. The number of fused-ring (bicyclic) bond motifs is 1. The van der Waals surface area contributed by atoms with Crippen molar-refractivity contribution in [3.05, 3.63) is 29.7 Å². The first-order valence-electron chi connectivity index (χ1n) is 4.53. The molecule has 78 valence electrons. The first kappa shape index (κ1) is 9.64. The lowest BCUT2D eigenvalue weighted by atomic mass is 10.2. The summed E-state index contributed by atoms with van der Waals surface area (Å²) >= 11 is 0. The van der Waals surface area contributed by atoms with Crippen molar-refractivity contribution in [2.75, 3.05) is 0 Å². The Balaban J connectivity index is 2.88. The molecular weight excluding hydrogens is 199 g/mol. The Morgan fingerprint density at radius 3 is 2.93 bits per heavy atom.